The van der Waals surface area contributed by atoms with Crippen LogP contribution in [-0.4, -0.2) is 19.2 Å². The van der Waals surface area contributed by atoms with Crippen molar-refractivity contribution >= 4 is 0 Å². The third-order valence-electron chi connectivity index (χ3n) is 4.77. The van der Waals surface area contributed by atoms with Crippen LogP contribution in [0.1, 0.15) is 56.9 Å². The van der Waals surface area contributed by atoms with Crippen molar-refractivity contribution in [1.82, 2.24) is 5.32 Å². The van der Waals surface area contributed by atoms with Crippen LogP contribution in [0, 0.1) is 5.92 Å². The second-order valence-electron chi connectivity index (χ2n) is 6.34. The van der Waals surface area contributed by atoms with Gasteiger partial charge in [0.05, 0.1) is 6.61 Å². The first-order chi connectivity index (χ1) is 9.86. The van der Waals surface area contributed by atoms with E-state index in [9.17, 15) is 0 Å². The summed E-state index contributed by atoms with van der Waals surface area (Å²) in [4.78, 5) is 0. The van der Waals surface area contributed by atoms with E-state index in [-0.39, 0.29) is 0 Å². The highest BCUT2D eigenvalue weighted by molar-refractivity contribution is 5.30. The zero-order valence-electron chi connectivity index (χ0n) is 12.6. The first kappa shape index (κ1) is 13.9. The minimum absolute atomic E-state index is 0.741. The van der Waals surface area contributed by atoms with Gasteiger partial charge in [0.25, 0.3) is 0 Å². The SMILES string of the molecule is CCOc1ccc(C2CCCCC2CNC2CC2)cc1. The van der Waals surface area contributed by atoms with Crippen molar-refractivity contribution in [2.24, 2.45) is 5.92 Å². The number of ether oxygens (including phenoxy) is 1. The summed E-state index contributed by atoms with van der Waals surface area (Å²) >= 11 is 0. The lowest BCUT2D eigenvalue weighted by Gasteiger charge is -2.32. The van der Waals surface area contributed by atoms with Gasteiger partial charge in [0.2, 0.25) is 0 Å². The van der Waals surface area contributed by atoms with Crippen LogP contribution in [0.4, 0.5) is 0 Å². The molecular weight excluding hydrogens is 246 g/mol. The molecule has 0 saturated heterocycles. The van der Waals surface area contributed by atoms with Gasteiger partial charge in [-0.25, -0.2) is 0 Å². The molecule has 2 aliphatic rings. The number of hydrogen-bond donors (Lipinski definition) is 1. The van der Waals surface area contributed by atoms with Crippen LogP contribution >= 0.6 is 0 Å². The van der Waals surface area contributed by atoms with Gasteiger partial charge in [-0.15, -0.1) is 0 Å². The molecule has 1 aromatic carbocycles. The summed E-state index contributed by atoms with van der Waals surface area (Å²) in [6.07, 6.45) is 8.31. The Morgan fingerprint density at radius 2 is 1.80 bits per heavy atom. The van der Waals surface area contributed by atoms with Crippen molar-refractivity contribution in [3.63, 3.8) is 0 Å². The first-order valence-corrected chi connectivity index (χ1v) is 8.33. The van der Waals surface area contributed by atoms with Crippen molar-refractivity contribution < 1.29 is 4.74 Å². The van der Waals surface area contributed by atoms with Gasteiger partial charge < -0.3 is 10.1 Å². The number of nitrogens with one attached hydrogen (secondary N) is 1. The fraction of sp³-hybridized carbons (Fsp3) is 0.667. The van der Waals surface area contributed by atoms with Crippen molar-refractivity contribution in [3.05, 3.63) is 29.8 Å². The predicted octanol–water partition coefficient (Wildman–Crippen LogP) is 4.11. The van der Waals surface area contributed by atoms with Crippen molar-refractivity contribution in [3.8, 4) is 5.75 Å². The highest BCUT2D eigenvalue weighted by Crippen LogP contribution is 2.38. The van der Waals surface area contributed by atoms with Gasteiger partial charge in [-0.05, 0) is 68.7 Å². The van der Waals surface area contributed by atoms with Gasteiger partial charge in [-0.3, -0.25) is 0 Å². The Labute approximate surface area is 122 Å². The van der Waals surface area contributed by atoms with Gasteiger partial charge >= 0.3 is 0 Å². The molecule has 3 rings (SSSR count). The Hall–Kier alpha value is -1.02. The van der Waals surface area contributed by atoms with E-state index in [1.54, 1.807) is 0 Å². The fourth-order valence-electron chi connectivity index (χ4n) is 3.47. The quantitative estimate of drug-likeness (QED) is 0.842. The van der Waals surface area contributed by atoms with E-state index in [1.807, 2.05) is 6.92 Å². The fourth-order valence-corrected chi connectivity index (χ4v) is 3.47. The topological polar surface area (TPSA) is 21.3 Å². The summed E-state index contributed by atoms with van der Waals surface area (Å²) in [5, 5.41) is 3.73. The van der Waals surface area contributed by atoms with E-state index < -0.39 is 0 Å². The molecule has 0 bridgehead atoms. The maximum atomic E-state index is 5.55. The number of hydrogen-bond acceptors (Lipinski definition) is 2. The Kier molecular flexibility index (Phi) is 4.62. The average Bonchev–Trinajstić information content (AvgIpc) is 3.31. The highest BCUT2D eigenvalue weighted by atomic mass is 16.5. The molecule has 1 N–H and O–H groups in total. The highest BCUT2D eigenvalue weighted by Gasteiger charge is 2.28. The maximum Gasteiger partial charge on any atom is 0.119 e. The summed E-state index contributed by atoms with van der Waals surface area (Å²) in [7, 11) is 0. The van der Waals surface area contributed by atoms with Crippen LogP contribution < -0.4 is 10.1 Å². The summed E-state index contributed by atoms with van der Waals surface area (Å²) in [6.45, 7) is 3.99. The molecule has 20 heavy (non-hydrogen) atoms. The van der Waals surface area contributed by atoms with E-state index in [2.05, 4.69) is 29.6 Å². The van der Waals surface area contributed by atoms with Gasteiger partial charge in [0, 0.05) is 6.04 Å². The Morgan fingerprint density at radius 1 is 1.05 bits per heavy atom. The minimum atomic E-state index is 0.741. The average molecular weight is 273 g/mol. The largest absolute Gasteiger partial charge is 0.494 e. The smallest absolute Gasteiger partial charge is 0.119 e. The Bertz CT molecular complexity index is 410. The molecule has 2 nitrogen and oxygen atoms in total. The van der Waals surface area contributed by atoms with Crippen LogP contribution in [0.5, 0.6) is 5.75 Å². The molecule has 2 atom stereocenters. The normalized spacial score (nSPS) is 26.4. The van der Waals surface area contributed by atoms with E-state index >= 15 is 0 Å². The third-order valence-corrected chi connectivity index (χ3v) is 4.77. The summed E-state index contributed by atoms with van der Waals surface area (Å²) < 4.78 is 5.55. The van der Waals surface area contributed by atoms with Crippen LogP contribution in [-0.2, 0) is 0 Å². The Morgan fingerprint density at radius 3 is 2.50 bits per heavy atom. The van der Waals surface area contributed by atoms with E-state index in [0.717, 1.165) is 30.2 Å². The van der Waals surface area contributed by atoms with Crippen LogP contribution in [0.3, 0.4) is 0 Å². The van der Waals surface area contributed by atoms with Gasteiger partial charge in [-0.2, -0.15) is 0 Å². The maximum absolute atomic E-state index is 5.55. The molecule has 0 amide bonds. The molecule has 2 unspecified atom stereocenters. The van der Waals surface area contributed by atoms with E-state index in [4.69, 9.17) is 4.74 Å². The van der Waals surface area contributed by atoms with Crippen LogP contribution in [0.25, 0.3) is 0 Å². The van der Waals surface area contributed by atoms with Crippen LogP contribution in [0.15, 0.2) is 24.3 Å². The van der Waals surface area contributed by atoms with Crippen LogP contribution in [0.2, 0.25) is 0 Å². The summed E-state index contributed by atoms with van der Waals surface area (Å²) in [6, 6.07) is 9.67. The summed E-state index contributed by atoms with van der Waals surface area (Å²) in [5.74, 6) is 2.56. The molecule has 0 aliphatic heterocycles. The monoisotopic (exact) mass is 273 g/mol. The predicted molar refractivity (Wildman–Crippen MR) is 83.3 cm³/mol. The molecule has 0 heterocycles. The standard InChI is InChI=1S/C18H27NO/c1-2-20-17-11-7-14(8-12-17)18-6-4-3-5-15(18)13-19-16-9-10-16/h7-8,11-12,15-16,18-19H,2-6,9-10,13H2,1H3. The minimum Gasteiger partial charge on any atom is -0.494 e. The lowest BCUT2D eigenvalue weighted by atomic mass is 9.75. The molecule has 2 saturated carbocycles. The van der Waals surface area contributed by atoms with Crippen molar-refractivity contribution in [2.75, 3.05) is 13.2 Å². The summed E-state index contributed by atoms with van der Waals surface area (Å²) in [5.41, 5.74) is 1.51. The molecule has 110 valence electrons. The second kappa shape index (κ2) is 6.62. The van der Waals surface area contributed by atoms with Crippen molar-refractivity contribution in [1.29, 1.82) is 0 Å². The zero-order valence-corrected chi connectivity index (χ0v) is 12.6. The zero-order chi connectivity index (χ0) is 13.8. The molecule has 0 aromatic heterocycles. The molecule has 2 heteroatoms. The van der Waals surface area contributed by atoms with Gasteiger partial charge in [0.15, 0.2) is 0 Å². The Balaban J connectivity index is 1.64. The molecular formula is C18H27NO. The third kappa shape index (κ3) is 3.54. The first-order valence-electron chi connectivity index (χ1n) is 8.33. The molecule has 2 fully saturated rings. The lowest BCUT2D eigenvalue weighted by molar-refractivity contribution is 0.294. The molecule has 2 aliphatic carbocycles. The second-order valence-corrected chi connectivity index (χ2v) is 6.34. The van der Waals surface area contributed by atoms with Crippen molar-refractivity contribution in [2.45, 2.75) is 57.4 Å². The van der Waals surface area contributed by atoms with Gasteiger partial charge in [-0.1, -0.05) is 25.0 Å². The molecule has 1 aromatic rings. The van der Waals surface area contributed by atoms with Gasteiger partial charge in [0.1, 0.15) is 5.75 Å². The molecule has 0 radical (unpaired) electrons. The number of benzene rings is 1. The van der Waals surface area contributed by atoms with E-state index in [0.29, 0.717) is 0 Å². The lowest BCUT2D eigenvalue weighted by Crippen LogP contribution is -2.30. The number of rotatable bonds is 6. The molecule has 0 spiro atoms. The van der Waals surface area contributed by atoms with E-state index in [1.165, 1.54) is 50.6 Å².